The summed E-state index contributed by atoms with van der Waals surface area (Å²) in [6.07, 6.45) is 13.2. The molecule has 0 unspecified atom stereocenters. The van der Waals surface area contributed by atoms with Gasteiger partial charge < -0.3 is 10.2 Å². The lowest BCUT2D eigenvalue weighted by atomic mass is 10.1. The summed E-state index contributed by atoms with van der Waals surface area (Å²) in [7, 11) is 0. The maximum Gasteiger partial charge on any atom is 0.0555 e. The van der Waals surface area contributed by atoms with Crippen molar-refractivity contribution in [2.45, 2.75) is 51.9 Å². The zero-order valence-corrected chi connectivity index (χ0v) is 12.9. The molecule has 1 aromatic rings. The van der Waals surface area contributed by atoms with Gasteiger partial charge in [-0.05, 0) is 37.4 Å². The summed E-state index contributed by atoms with van der Waals surface area (Å²) in [6, 6.07) is 2.35. The summed E-state index contributed by atoms with van der Waals surface area (Å²) in [5.41, 5.74) is 2.70. The average molecular weight is 275 g/mol. The number of nitrogens with zero attached hydrogens (tertiary/aromatic N) is 2. The van der Waals surface area contributed by atoms with E-state index in [2.05, 4.69) is 28.2 Å². The second-order valence-corrected chi connectivity index (χ2v) is 5.81. The molecule has 0 aliphatic carbocycles. The van der Waals surface area contributed by atoms with E-state index in [0.717, 1.165) is 26.2 Å². The number of rotatable bonds is 7. The molecular weight excluding hydrogens is 246 g/mol. The first-order valence-corrected chi connectivity index (χ1v) is 8.29. The predicted molar refractivity (Wildman–Crippen MR) is 86.4 cm³/mol. The summed E-state index contributed by atoms with van der Waals surface area (Å²) in [4.78, 5) is 6.91. The van der Waals surface area contributed by atoms with Crippen LogP contribution in [0.15, 0.2) is 18.5 Å². The first-order chi connectivity index (χ1) is 9.90. The molecule has 1 saturated heterocycles. The second kappa shape index (κ2) is 8.96. The lowest BCUT2D eigenvalue weighted by molar-refractivity contribution is 0.631. The van der Waals surface area contributed by atoms with Gasteiger partial charge in [0, 0.05) is 25.8 Å². The largest absolute Gasteiger partial charge is 0.369 e. The molecular formula is C17H29N3. The van der Waals surface area contributed by atoms with Crippen molar-refractivity contribution in [1.29, 1.82) is 0 Å². The van der Waals surface area contributed by atoms with E-state index in [4.69, 9.17) is 0 Å². The van der Waals surface area contributed by atoms with E-state index in [1.165, 1.54) is 56.2 Å². The zero-order chi connectivity index (χ0) is 14.0. The Labute approximate surface area is 123 Å². The molecule has 1 aromatic heterocycles. The van der Waals surface area contributed by atoms with Crippen LogP contribution >= 0.6 is 0 Å². The summed E-state index contributed by atoms with van der Waals surface area (Å²) in [5.74, 6) is 0. The highest BCUT2D eigenvalue weighted by Crippen LogP contribution is 2.17. The van der Waals surface area contributed by atoms with Crippen molar-refractivity contribution >= 4 is 5.69 Å². The van der Waals surface area contributed by atoms with Crippen LogP contribution in [0.2, 0.25) is 0 Å². The molecule has 0 radical (unpaired) electrons. The van der Waals surface area contributed by atoms with Crippen molar-refractivity contribution in [2.24, 2.45) is 0 Å². The number of pyridine rings is 1. The van der Waals surface area contributed by atoms with Crippen LogP contribution in [0.4, 0.5) is 5.69 Å². The molecule has 0 spiro atoms. The Balaban J connectivity index is 1.83. The summed E-state index contributed by atoms with van der Waals surface area (Å²) in [5, 5.41) is 3.45. The second-order valence-electron chi connectivity index (χ2n) is 5.81. The van der Waals surface area contributed by atoms with Gasteiger partial charge in [0.2, 0.25) is 0 Å². The quantitative estimate of drug-likeness (QED) is 0.773. The summed E-state index contributed by atoms with van der Waals surface area (Å²) in [6.45, 7) is 6.74. The number of unbranched alkanes of at least 4 members (excludes halogenated alkanes) is 4. The van der Waals surface area contributed by atoms with Gasteiger partial charge in [0.05, 0.1) is 11.9 Å². The molecule has 0 atom stereocenters. The number of aryl methyl sites for hydroxylation is 1. The molecule has 3 nitrogen and oxygen atoms in total. The van der Waals surface area contributed by atoms with Crippen molar-refractivity contribution in [3.05, 3.63) is 24.0 Å². The Morgan fingerprint density at radius 3 is 2.90 bits per heavy atom. The van der Waals surface area contributed by atoms with Gasteiger partial charge >= 0.3 is 0 Å². The minimum atomic E-state index is 1.08. The number of hydrogen-bond acceptors (Lipinski definition) is 3. The van der Waals surface area contributed by atoms with E-state index in [-0.39, 0.29) is 0 Å². The fraction of sp³-hybridized carbons (Fsp3) is 0.706. The molecule has 0 saturated carbocycles. The van der Waals surface area contributed by atoms with Crippen molar-refractivity contribution in [3.63, 3.8) is 0 Å². The molecule has 0 aromatic carbocycles. The van der Waals surface area contributed by atoms with E-state index < -0.39 is 0 Å². The van der Waals surface area contributed by atoms with Gasteiger partial charge in [-0.2, -0.15) is 0 Å². The average Bonchev–Trinajstić information content (AvgIpc) is 2.76. The Hall–Kier alpha value is -1.09. The molecule has 1 aliphatic heterocycles. The van der Waals surface area contributed by atoms with Crippen molar-refractivity contribution < 1.29 is 0 Å². The predicted octanol–water partition coefficient (Wildman–Crippen LogP) is 3.39. The third kappa shape index (κ3) is 5.12. The van der Waals surface area contributed by atoms with Crippen LogP contribution in [-0.4, -0.2) is 31.2 Å². The third-order valence-electron chi connectivity index (χ3n) is 4.05. The van der Waals surface area contributed by atoms with Gasteiger partial charge in [-0.25, -0.2) is 0 Å². The summed E-state index contributed by atoms with van der Waals surface area (Å²) < 4.78 is 0. The fourth-order valence-electron chi connectivity index (χ4n) is 2.82. The lowest BCUT2D eigenvalue weighted by Crippen LogP contribution is -2.27. The first-order valence-electron chi connectivity index (χ1n) is 8.29. The lowest BCUT2D eigenvalue weighted by Gasteiger charge is -2.22. The Bertz CT molecular complexity index is 370. The van der Waals surface area contributed by atoms with Crippen molar-refractivity contribution in [1.82, 2.24) is 10.3 Å². The van der Waals surface area contributed by atoms with Crippen LogP contribution in [0, 0.1) is 0 Å². The van der Waals surface area contributed by atoms with Crippen LogP contribution in [0.3, 0.4) is 0 Å². The molecule has 1 aliphatic rings. The fourth-order valence-corrected chi connectivity index (χ4v) is 2.82. The van der Waals surface area contributed by atoms with Crippen LogP contribution in [0.1, 0.15) is 51.0 Å². The normalized spacial score (nSPS) is 16.1. The standard InChI is InChI=1S/C17H29N3/c1-2-3-4-5-6-8-16-13-17(15-19-14-16)20-11-7-9-18-10-12-20/h13-15,18H,2-12H2,1H3. The van der Waals surface area contributed by atoms with Crippen molar-refractivity contribution in [2.75, 3.05) is 31.1 Å². The molecule has 1 N–H and O–H groups in total. The van der Waals surface area contributed by atoms with E-state index in [0.29, 0.717) is 0 Å². The Morgan fingerprint density at radius 2 is 2.00 bits per heavy atom. The Morgan fingerprint density at radius 1 is 1.10 bits per heavy atom. The maximum atomic E-state index is 4.44. The zero-order valence-electron chi connectivity index (χ0n) is 12.9. The van der Waals surface area contributed by atoms with Gasteiger partial charge in [0.1, 0.15) is 0 Å². The highest BCUT2D eigenvalue weighted by molar-refractivity contribution is 5.46. The number of anilines is 1. The van der Waals surface area contributed by atoms with E-state index in [1.54, 1.807) is 0 Å². The SMILES string of the molecule is CCCCCCCc1cncc(N2CCCNCC2)c1. The Kier molecular flexibility index (Phi) is 6.85. The topological polar surface area (TPSA) is 28.2 Å². The molecule has 0 bridgehead atoms. The van der Waals surface area contributed by atoms with Crippen LogP contribution < -0.4 is 10.2 Å². The van der Waals surface area contributed by atoms with E-state index in [9.17, 15) is 0 Å². The van der Waals surface area contributed by atoms with Crippen LogP contribution in [0.5, 0.6) is 0 Å². The van der Waals surface area contributed by atoms with E-state index >= 15 is 0 Å². The van der Waals surface area contributed by atoms with Crippen molar-refractivity contribution in [3.8, 4) is 0 Å². The third-order valence-corrected chi connectivity index (χ3v) is 4.05. The van der Waals surface area contributed by atoms with E-state index in [1.807, 2.05) is 12.4 Å². The molecule has 1 fully saturated rings. The minimum Gasteiger partial charge on any atom is -0.369 e. The summed E-state index contributed by atoms with van der Waals surface area (Å²) >= 11 is 0. The number of nitrogens with one attached hydrogen (secondary N) is 1. The van der Waals surface area contributed by atoms with Crippen LogP contribution in [-0.2, 0) is 6.42 Å². The van der Waals surface area contributed by atoms with Gasteiger partial charge in [0.25, 0.3) is 0 Å². The highest BCUT2D eigenvalue weighted by atomic mass is 15.2. The smallest absolute Gasteiger partial charge is 0.0555 e. The van der Waals surface area contributed by atoms with Gasteiger partial charge in [-0.1, -0.05) is 32.6 Å². The molecule has 112 valence electrons. The van der Waals surface area contributed by atoms with Gasteiger partial charge in [-0.3, -0.25) is 4.98 Å². The maximum absolute atomic E-state index is 4.44. The molecule has 3 heteroatoms. The molecule has 2 rings (SSSR count). The monoisotopic (exact) mass is 275 g/mol. The highest BCUT2D eigenvalue weighted by Gasteiger charge is 2.10. The number of aromatic nitrogens is 1. The molecule has 20 heavy (non-hydrogen) atoms. The van der Waals surface area contributed by atoms with Gasteiger partial charge in [0.15, 0.2) is 0 Å². The molecule has 2 heterocycles. The number of hydrogen-bond donors (Lipinski definition) is 1. The first kappa shape index (κ1) is 15.3. The van der Waals surface area contributed by atoms with Crippen LogP contribution in [0.25, 0.3) is 0 Å². The molecule has 0 amide bonds. The minimum absolute atomic E-state index is 1.08. The van der Waals surface area contributed by atoms with Gasteiger partial charge in [-0.15, -0.1) is 0 Å².